The zero-order valence-electron chi connectivity index (χ0n) is 11.9. The first-order valence-electron chi connectivity index (χ1n) is 6.44. The maximum atomic E-state index is 13.7. The van der Waals surface area contributed by atoms with Gasteiger partial charge in [0.15, 0.2) is 17.5 Å². The van der Waals surface area contributed by atoms with E-state index in [4.69, 9.17) is 11.6 Å². The molecule has 2 aromatic carbocycles. The quantitative estimate of drug-likeness (QED) is 0.831. The maximum absolute atomic E-state index is 13.7. The van der Waals surface area contributed by atoms with Crippen LogP contribution in [0.2, 0.25) is 5.02 Å². The van der Waals surface area contributed by atoms with Gasteiger partial charge >= 0.3 is 0 Å². The third kappa shape index (κ3) is 3.25. The fourth-order valence-corrected chi connectivity index (χ4v) is 2.19. The highest BCUT2D eigenvalue weighted by molar-refractivity contribution is 6.30. The van der Waals surface area contributed by atoms with E-state index in [-0.39, 0.29) is 0 Å². The van der Waals surface area contributed by atoms with Crippen LogP contribution in [0.15, 0.2) is 36.4 Å². The summed E-state index contributed by atoms with van der Waals surface area (Å²) in [5.74, 6) is -5.38. The summed E-state index contributed by atoms with van der Waals surface area (Å²) in [4.78, 5) is 12.1. The van der Waals surface area contributed by atoms with Crippen molar-refractivity contribution in [2.75, 3.05) is 0 Å². The molecule has 22 heavy (non-hydrogen) atoms. The molecule has 0 saturated carbocycles. The SMILES string of the molecule is CC(C)(NC(=O)c1ccc(F)c(F)c1F)c1cccc(Cl)c1. The molecule has 0 bridgehead atoms. The Labute approximate surface area is 130 Å². The van der Waals surface area contributed by atoms with Crippen LogP contribution in [0.1, 0.15) is 29.8 Å². The van der Waals surface area contributed by atoms with Gasteiger partial charge in [-0.2, -0.15) is 0 Å². The lowest BCUT2D eigenvalue weighted by Gasteiger charge is -2.27. The zero-order chi connectivity index (χ0) is 16.5. The fourth-order valence-electron chi connectivity index (χ4n) is 2.00. The summed E-state index contributed by atoms with van der Waals surface area (Å²) >= 11 is 5.90. The maximum Gasteiger partial charge on any atom is 0.255 e. The highest BCUT2D eigenvalue weighted by Crippen LogP contribution is 2.24. The second-order valence-corrected chi connectivity index (χ2v) is 5.75. The molecule has 0 aliphatic carbocycles. The molecule has 1 N–H and O–H groups in total. The van der Waals surface area contributed by atoms with Crippen LogP contribution in [-0.2, 0) is 5.54 Å². The summed E-state index contributed by atoms with van der Waals surface area (Å²) < 4.78 is 39.8. The molecule has 1 amide bonds. The molecule has 0 saturated heterocycles. The van der Waals surface area contributed by atoms with Crippen molar-refractivity contribution in [2.45, 2.75) is 19.4 Å². The van der Waals surface area contributed by atoms with E-state index >= 15 is 0 Å². The number of carbonyl (C=O) groups excluding carboxylic acids is 1. The van der Waals surface area contributed by atoms with Gasteiger partial charge in [0.2, 0.25) is 0 Å². The summed E-state index contributed by atoms with van der Waals surface area (Å²) in [5.41, 5.74) is -0.746. The van der Waals surface area contributed by atoms with Crippen molar-refractivity contribution in [1.29, 1.82) is 0 Å². The Balaban J connectivity index is 2.30. The smallest absolute Gasteiger partial charge is 0.255 e. The summed E-state index contributed by atoms with van der Waals surface area (Å²) in [6.45, 7) is 3.38. The Hall–Kier alpha value is -2.01. The molecule has 2 aromatic rings. The van der Waals surface area contributed by atoms with Crippen LogP contribution in [0.25, 0.3) is 0 Å². The highest BCUT2D eigenvalue weighted by atomic mass is 35.5. The van der Waals surface area contributed by atoms with Gasteiger partial charge in [-0.15, -0.1) is 0 Å². The third-order valence-electron chi connectivity index (χ3n) is 3.25. The normalized spacial score (nSPS) is 11.4. The highest BCUT2D eigenvalue weighted by Gasteiger charge is 2.26. The second kappa shape index (κ2) is 6.01. The largest absolute Gasteiger partial charge is 0.343 e. The summed E-state index contributed by atoms with van der Waals surface area (Å²) in [5, 5.41) is 3.06. The first-order chi connectivity index (χ1) is 10.2. The van der Waals surface area contributed by atoms with E-state index in [0.29, 0.717) is 16.7 Å². The average Bonchev–Trinajstić information content (AvgIpc) is 2.44. The average molecular weight is 328 g/mol. The molecule has 0 aliphatic rings. The predicted molar refractivity (Wildman–Crippen MR) is 78.3 cm³/mol. The summed E-state index contributed by atoms with van der Waals surface area (Å²) in [6, 6.07) is 8.40. The molecule has 2 nitrogen and oxygen atoms in total. The van der Waals surface area contributed by atoms with E-state index in [2.05, 4.69) is 5.32 Å². The monoisotopic (exact) mass is 327 g/mol. The molecule has 0 heterocycles. The molecule has 0 unspecified atom stereocenters. The van der Waals surface area contributed by atoms with Crippen molar-refractivity contribution in [2.24, 2.45) is 0 Å². The molecule has 6 heteroatoms. The second-order valence-electron chi connectivity index (χ2n) is 5.31. The number of carbonyl (C=O) groups is 1. The summed E-state index contributed by atoms with van der Waals surface area (Å²) in [6.07, 6.45) is 0. The Bertz CT molecular complexity index is 731. The molecule has 2 rings (SSSR count). The van der Waals surface area contributed by atoms with Gasteiger partial charge in [-0.3, -0.25) is 4.79 Å². The number of benzene rings is 2. The number of halogens is 4. The van der Waals surface area contributed by atoms with Gasteiger partial charge < -0.3 is 5.32 Å². The van der Waals surface area contributed by atoms with E-state index in [0.717, 1.165) is 6.07 Å². The first kappa shape index (κ1) is 16.4. The van der Waals surface area contributed by atoms with Crippen molar-refractivity contribution in [1.82, 2.24) is 5.32 Å². The van der Waals surface area contributed by atoms with Crippen molar-refractivity contribution in [3.05, 3.63) is 70.0 Å². The van der Waals surface area contributed by atoms with Gasteiger partial charge in [0.25, 0.3) is 5.91 Å². The molecule has 0 aromatic heterocycles. The van der Waals surface area contributed by atoms with E-state index in [1.165, 1.54) is 0 Å². The lowest BCUT2D eigenvalue weighted by atomic mass is 9.94. The van der Waals surface area contributed by atoms with Gasteiger partial charge in [0, 0.05) is 5.02 Å². The number of amides is 1. The van der Waals surface area contributed by atoms with E-state index in [1.54, 1.807) is 38.1 Å². The van der Waals surface area contributed by atoms with Crippen LogP contribution in [0.3, 0.4) is 0 Å². The van der Waals surface area contributed by atoms with Gasteiger partial charge in [0.1, 0.15) is 0 Å². The van der Waals surface area contributed by atoms with Crippen LogP contribution in [0, 0.1) is 17.5 Å². The summed E-state index contributed by atoms with van der Waals surface area (Å²) in [7, 11) is 0. The molecular weight excluding hydrogens is 315 g/mol. The lowest BCUT2D eigenvalue weighted by molar-refractivity contribution is 0.0906. The Morgan fingerprint density at radius 1 is 1.09 bits per heavy atom. The molecule has 0 radical (unpaired) electrons. The van der Waals surface area contributed by atoms with E-state index in [9.17, 15) is 18.0 Å². The van der Waals surface area contributed by atoms with Crippen LogP contribution in [0.4, 0.5) is 13.2 Å². The minimum absolute atomic E-state index is 0.485. The van der Waals surface area contributed by atoms with Gasteiger partial charge in [-0.25, -0.2) is 13.2 Å². The zero-order valence-corrected chi connectivity index (χ0v) is 12.6. The number of nitrogens with one attached hydrogen (secondary N) is 1. The van der Waals surface area contributed by atoms with Crippen molar-refractivity contribution >= 4 is 17.5 Å². The van der Waals surface area contributed by atoms with Crippen molar-refractivity contribution in [3.8, 4) is 0 Å². The first-order valence-corrected chi connectivity index (χ1v) is 6.82. The molecule has 0 aliphatic heterocycles. The van der Waals surface area contributed by atoms with Crippen LogP contribution >= 0.6 is 11.6 Å². The lowest BCUT2D eigenvalue weighted by Crippen LogP contribution is -2.41. The third-order valence-corrected chi connectivity index (χ3v) is 3.49. The predicted octanol–water partition coefficient (Wildman–Crippen LogP) is 4.42. The molecule has 0 spiro atoms. The number of rotatable bonds is 3. The van der Waals surface area contributed by atoms with Crippen LogP contribution < -0.4 is 5.32 Å². The van der Waals surface area contributed by atoms with E-state index in [1.807, 2.05) is 0 Å². The van der Waals surface area contributed by atoms with E-state index < -0.39 is 34.5 Å². The minimum Gasteiger partial charge on any atom is -0.343 e. The minimum atomic E-state index is -1.67. The topological polar surface area (TPSA) is 29.1 Å². The molecule has 116 valence electrons. The van der Waals surface area contributed by atoms with Gasteiger partial charge in [-0.1, -0.05) is 23.7 Å². The molecule has 0 atom stereocenters. The fraction of sp³-hybridized carbons (Fsp3) is 0.188. The van der Waals surface area contributed by atoms with Gasteiger partial charge in [0.05, 0.1) is 11.1 Å². The molecular formula is C16H13ClF3NO. The number of hydrogen-bond acceptors (Lipinski definition) is 1. The molecule has 0 fully saturated rings. The Morgan fingerprint density at radius 3 is 2.41 bits per heavy atom. The van der Waals surface area contributed by atoms with Gasteiger partial charge in [-0.05, 0) is 43.7 Å². The number of hydrogen-bond donors (Lipinski definition) is 1. The van der Waals surface area contributed by atoms with Crippen molar-refractivity contribution < 1.29 is 18.0 Å². The van der Waals surface area contributed by atoms with Crippen LogP contribution in [-0.4, -0.2) is 5.91 Å². The Morgan fingerprint density at radius 2 is 1.77 bits per heavy atom. The van der Waals surface area contributed by atoms with Crippen LogP contribution in [0.5, 0.6) is 0 Å². The van der Waals surface area contributed by atoms with Crippen molar-refractivity contribution in [3.63, 3.8) is 0 Å². The Kier molecular flexibility index (Phi) is 4.47. The standard InChI is InChI=1S/C16H13ClF3NO/c1-16(2,9-4-3-5-10(17)8-9)21-15(22)11-6-7-12(18)14(20)13(11)19/h3-8H,1-2H3,(H,21,22).